The van der Waals surface area contributed by atoms with Crippen molar-refractivity contribution in [2.75, 3.05) is 13.2 Å². The number of halogens is 1. The predicted octanol–water partition coefficient (Wildman–Crippen LogP) is 1.46. The Morgan fingerprint density at radius 3 is 2.29 bits per heavy atom. The number of aliphatic hydroxyl groups excluding tert-OH is 1. The van der Waals surface area contributed by atoms with Crippen molar-refractivity contribution in [1.82, 2.24) is 10.2 Å². The molecule has 5 nitrogen and oxygen atoms in total. The van der Waals surface area contributed by atoms with Crippen LogP contribution in [0.1, 0.15) is 11.1 Å². The molecule has 0 radical (unpaired) electrons. The third-order valence-electron chi connectivity index (χ3n) is 3.43. The second-order valence-corrected chi connectivity index (χ2v) is 5.25. The number of nitrogens with one attached hydrogen (secondary N) is 1. The SMILES string of the molecule is O=C(NCc1ccc(F)cc1)C(=O)N(CCO)Cc1ccccc1. The molecule has 2 amide bonds. The number of hydrogen-bond acceptors (Lipinski definition) is 3. The molecule has 24 heavy (non-hydrogen) atoms. The van der Waals surface area contributed by atoms with Crippen LogP contribution in [0.25, 0.3) is 0 Å². The van der Waals surface area contributed by atoms with Gasteiger partial charge in [0.05, 0.1) is 6.61 Å². The summed E-state index contributed by atoms with van der Waals surface area (Å²) in [5.74, 6) is -1.84. The molecule has 2 rings (SSSR count). The lowest BCUT2D eigenvalue weighted by molar-refractivity contribution is -0.146. The maximum atomic E-state index is 12.8. The minimum Gasteiger partial charge on any atom is -0.395 e. The molecule has 0 saturated carbocycles. The predicted molar refractivity (Wildman–Crippen MR) is 87.2 cm³/mol. The van der Waals surface area contributed by atoms with Crippen LogP contribution >= 0.6 is 0 Å². The van der Waals surface area contributed by atoms with Gasteiger partial charge in [0.25, 0.3) is 0 Å². The lowest BCUT2D eigenvalue weighted by Gasteiger charge is -2.21. The lowest BCUT2D eigenvalue weighted by Crippen LogP contribution is -2.43. The van der Waals surface area contributed by atoms with Gasteiger partial charge < -0.3 is 15.3 Å². The molecule has 0 aliphatic heterocycles. The number of hydrogen-bond donors (Lipinski definition) is 2. The fourth-order valence-electron chi connectivity index (χ4n) is 2.18. The zero-order valence-electron chi connectivity index (χ0n) is 13.1. The fraction of sp³-hybridized carbons (Fsp3) is 0.222. The Bertz CT molecular complexity index is 674. The molecule has 126 valence electrons. The number of aliphatic hydroxyl groups is 1. The van der Waals surface area contributed by atoms with E-state index >= 15 is 0 Å². The van der Waals surface area contributed by atoms with Gasteiger partial charge in [-0.05, 0) is 23.3 Å². The summed E-state index contributed by atoms with van der Waals surface area (Å²) in [4.78, 5) is 25.6. The molecule has 6 heteroatoms. The Balaban J connectivity index is 1.95. The van der Waals surface area contributed by atoms with Crippen LogP contribution in [0.5, 0.6) is 0 Å². The molecule has 0 aromatic heterocycles. The van der Waals surface area contributed by atoms with Crippen LogP contribution in [0.3, 0.4) is 0 Å². The van der Waals surface area contributed by atoms with Crippen LogP contribution in [0.15, 0.2) is 54.6 Å². The maximum Gasteiger partial charge on any atom is 0.312 e. The standard InChI is InChI=1S/C18H19FN2O3/c19-16-8-6-14(7-9-16)12-20-17(23)18(24)21(10-11-22)13-15-4-2-1-3-5-15/h1-9,22H,10-13H2,(H,20,23). The van der Waals surface area contributed by atoms with E-state index in [1.54, 1.807) is 0 Å². The minimum atomic E-state index is -0.760. The third kappa shape index (κ3) is 5.17. The van der Waals surface area contributed by atoms with Gasteiger partial charge in [-0.1, -0.05) is 42.5 Å². The maximum absolute atomic E-state index is 12.8. The van der Waals surface area contributed by atoms with E-state index in [1.807, 2.05) is 30.3 Å². The van der Waals surface area contributed by atoms with Crippen LogP contribution in [-0.4, -0.2) is 35.0 Å². The second kappa shape index (κ2) is 8.79. The molecule has 0 aliphatic carbocycles. The highest BCUT2D eigenvalue weighted by Gasteiger charge is 2.21. The monoisotopic (exact) mass is 330 g/mol. The Labute approximate surface area is 139 Å². The van der Waals surface area contributed by atoms with E-state index < -0.39 is 11.8 Å². The number of amides is 2. The summed E-state index contributed by atoms with van der Waals surface area (Å²) in [6.45, 7) is 0.203. The zero-order chi connectivity index (χ0) is 17.4. The zero-order valence-corrected chi connectivity index (χ0v) is 13.1. The quantitative estimate of drug-likeness (QED) is 0.788. The largest absolute Gasteiger partial charge is 0.395 e. The topological polar surface area (TPSA) is 69.6 Å². The van der Waals surface area contributed by atoms with Crippen molar-refractivity contribution in [3.05, 3.63) is 71.5 Å². The van der Waals surface area contributed by atoms with E-state index in [0.717, 1.165) is 5.56 Å². The van der Waals surface area contributed by atoms with Crippen molar-refractivity contribution in [2.45, 2.75) is 13.1 Å². The Morgan fingerprint density at radius 1 is 1.00 bits per heavy atom. The molecule has 0 atom stereocenters. The van der Waals surface area contributed by atoms with E-state index in [1.165, 1.54) is 29.2 Å². The van der Waals surface area contributed by atoms with Gasteiger partial charge in [0.1, 0.15) is 5.82 Å². The number of benzene rings is 2. The van der Waals surface area contributed by atoms with Crippen molar-refractivity contribution in [1.29, 1.82) is 0 Å². The Kier molecular flexibility index (Phi) is 6.45. The summed E-state index contributed by atoms with van der Waals surface area (Å²) in [5, 5.41) is 11.6. The van der Waals surface area contributed by atoms with Gasteiger partial charge in [0.2, 0.25) is 0 Å². The molecule has 2 aromatic carbocycles. The first kappa shape index (κ1) is 17.6. The minimum absolute atomic E-state index is 0.0672. The van der Waals surface area contributed by atoms with E-state index in [2.05, 4.69) is 5.32 Å². The molecule has 0 unspecified atom stereocenters. The molecule has 2 N–H and O–H groups in total. The van der Waals surface area contributed by atoms with Crippen molar-refractivity contribution < 1.29 is 19.1 Å². The first-order valence-electron chi connectivity index (χ1n) is 7.56. The number of carbonyl (C=O) groups excluding carboxylic acids is 2. The van der Waals surface area contributed by atoms with Crippen molar-refractivity contribution in [2.24, 2.45) is 0 Å². The van der Waals surface area contributed by atoms with Crippen molar-refractivity contribution in [3.63, 3.8) is 0 Å². The van der Waals surface area contributed by atoms with E-state index in [0.29, 0.717) is 5.56 Å². The van der Waals surface area contributed by atoms with Gasteiger partial charge in [-0.25, -0.2) is 4.39 Å². The van der Waals surface area contributed by atoms with Crippen LogP contribution in [0.4, 0.5) is 4.39 Å². The van der Waals surface area contributed by atoms with Crippen LogP contribution in [-0.2, 0) is 22.7 Å². The average Bonchev–Trinajstić information content (AvgIpc) is 2.61. The average molecular weight is 330 g/mol. The normalized spacial score (nSPS) is 10.2. The number of carbonyl (C=O) groups is 2. The molecule has 0 spiro atoms. The van der Waals surface area contributed by atoms with E-state index in [4.69, 9.17) is 5.11 Å². The third-order valence-corrected chi connectivity index (χ3v) is 3.43. The number of rotatable bonds is 6. The van der Waals surface area contributed by atoms with Gasteiger partial charge in [-0.15, -0.1) is 0 Å². The van der Waals surface area contributed by atoms with Gasteiger partial charge in [-0.3, -0.25) is 9.59 Å². The van der Waals surface area contributed by atoms with Gasteiger partial charge in [0, 0.05) is 19.6 Å². The molecule has 0 bridgehead atoms. The molecule has 0 aliphatic rings. The molecule has 0 fully saturated rings. The highest BCUT2D eigenvalue weighted by Crippen LogP contribution is 2.05. The summed E-state index contributed by atoms with van der Waals surface area (Å²) in [7, 11) is 0. The molecule has 2 aromatic rings. The van der Waals surface area contributed by atoms with Gasteiger partial charge >= 0.3 is 11.8 Å². The highest BCUT2D eigenvalue weighted by molar-refractivity contribution is 6.34. The summed E-state index contributed by atoms with van der Waals surface area (Å²) < 4.78 is 12.8. The second-order valence-electron chi connectivity index (χ2n) is 5.25. The lowest BCUT2D eigenvalue weighted by atomic mass is 10.2. The van der Waals surface area contributed by atoms with Gasteiger partial charge in [0.15, 0.2) is 0 Å². The molecule has 0 saturated heterocycles. The summed E-state index contributed by atoms with van der Waals surface area (Å²) >= 11 is 0. The number of nitrogens with zero attached hydrogens (tertiary/aromatic N) is 1. The first-order valence-corrected chi connectivity index (χ1v) is 7.56. The first-order chi connectivity index (χ1) is 11.6. The van der Waals surface area contributed by atoms with Crippen LogP contribution in [0, 0.1) is 5.82 Å². The summed E-state index contributed by atoms with van der Waals surface area (Å²) in [5.41, 5.74) is 1.56. The summed E-state index contributed by atoms with van der Waals surface area (Å²) in [6.07, 6.45) is 0. The fourth-order valence-corrected chi connectivity index (χ4v) is 2.18. The van der Waals surface area contributed by atoms with Crippen molar-refractivity contribution >= 4 is 11.8 Å². The van der Waals surface area contributed by atoms with Crippen LogP contribution < -0.4 is 5.32 Å². The van der Waals surface area contributed by atoms with E-state index in [-0.39, 0.29) is 32.1 Å². The Morgan fingerprint density at radius 2 is 1.67 bits per heavy atom. The van der Waals surface area contributed by atoms with Gasteiger partial charge in [-0.2, -0.15) is 0 Å². The van der Waals surface area contributed by atoms with Crippen molar-refractivity contribution in [3.8, 4) is 0 Å². The van der Waals surface area contributed by atoms with Crippen LogP contribution in [0.2, 0.25) is 0 Å². The molecular formula is C18H19FN2O3. The Hall–Kier alpha value is -2.73. The highest BCUT2D eigenvalue weighted by atomic mass is 19.1. The molecule has 0 heterocycles. The van der Waals surface area contributed by atoms with E-state index in [9.17, 15) is 14.0 Å². The molecular weight excluding hydrogens is 311 g/mol. The summed E-state index contributed by atoms with van der Waals surface area (Å²) in [6, 6.07) is 14.9. The smallest absolute Gasteiger partial charge is 0.312 e.